The van der Waals surface area contributed by atoms with Gasteiger partial charge < -0.3 is 10.2 Å². The first-order valence-corrected chi connectivity index (χ1v) is 11.9. The molecular formula is C25H35N5O2. The topological polar surface area (TPSA) is 70.5 Å². The first-order chi connectivity index (χ1) is 15.5. The fraction of sp³-hybridized carbons (Fsp3) is 0.560. The molecule has 7 nitrogen and oxygen atoms in total. The molecule has 2 aliphatic heterocycles. The molecule has 1 aromatic heterocycles. The average Bonchev–Trinajstić information content (AvgIpc) is 3.31. The number of benzene rings is 1. The number of likely N-dealkylation sites (tertiary alicyclic amines) is 2. The Morgan fingerprint density at radius 3 is 2.47 bits per heavy atom. The molecule has 0 bridgehead atoms. The Bertz CT molecular complexity index is 888. The van der Waals surface area contributed by atoms with Crippen LogP contribution in [-0.2, 0) is 6.54 Å². The Kier molecular flexibility index (Phi) is 7.25. The van der Waals surface area contributed by atoms with Crippen molar-refractivity contribution >= 4 is 11.8 Å². The van der Waals surface area contributed by atoms with Gasteiger partial charge in [-0.25, -0.2) is 0 Å². The van der Waals surface area contributed by atoms with Crippen molar-refractivity contribution in [2.75, 3.05) is 26.2 Å². The summed E-state index contributed by atoms with van der Waals surface area (Å²) in [4.78, 5) is 30.1. The minimum Gasteiger partial charge on any atom is -0.348 e. The van der Waals surface area contributed by atoms with Gasteiger partial charge in [0, 0.05) is 55.2 Å². The highest BCUT2D eigenvalue weighted by Crippen LogP contribution is 2.24. The predicted molar refractivity (Wildman–Crippen MR) is 124 cm³/mol. The second-order valence-electron chi connectivity index (χ2n) is 9.45. The van der Waals surface area contributed by atoms with E-state index < -0.39 is 0 Å². The normalized spacial score (nSPS) is 21.3. The highest BCUT2D eigenvalue weighted by molar-refractivity contribution is 5.98. The molecule has 2 aliphatic rings. The summed E-state index contributed by atoms with van der Waals surface area (Å²) in [6, 6.07) is 9.45. The third kappa shape index (κ3) is 5.57. The Labute approximate surface area is 190 Å². The van der Waals surface area contributed by atoms with Gasteiger partial charge in [0.05, 0.1) is 6.54 Å². The molecule has 2 unspecified atom stereocenters. The second-order valence-corrected chi connectivity index (χ2v) is 9.45. The maximum atomic E-state index is 13.0. The van der Waals surface area contributed by atoms with Crippen LogP contribution in [0.5, 0.6) is 0 Å². The highest BCUT2D eigenvalue weighted by atomic mass is 16.2. The molecule has 2 amide bonds. The molecule has 2 saturated heterocycles. The zero-order valence-corrected chi connectivity index (χ0v) is 19.2. The van der Waals surface area contributed by atoms with Crippen LogP contribution in [0.3, 0.4) is 0 Å². The maximum absolute atomic E-state index is 13.0. The van der Waals surface area contributed by atoms with Crippen molar-refractivity contribution in [3.63, 3.8) is 0 Å². The summed E-state index contributed by atoms with van der Waals surface area (Å²) in [7, 11) is 0. The largest absolute Gasteiger partial charge is 0.348 e. The minimum atomic E-state index is -0.139. The van der Waals surface area contributed by atoms with Gasteiger partial charge in [-0.3, -0.25) is 19.2 Å². The van der Waals surface area contributed by atoms with Crippen LogP contribution < -0.4 is 5.32 Å². The molecule has 2 aromatic rings. The molecule has 1 aromatic carbocycles. The van der Waals surface area contributed by atoms with Gasteiger partial charge in [0.2, 0.25) is 0 Å². The van der Waals surface area contributed by atoms with E-state index >= 15 is 0 Å². The number of carbonyl (C=O) groups excluding carboxylic acids is 2. The number of piperidine rings is 2. The van der Waals surface area contributed by atoms with Crippen LogP contribution in [0.1, 0.15) is 60.2 Å². The summed E-state index contributed by atoms with van der Waals surface area (Å²) >= 11 is 0. The first-order valence-electron chi connectivity index (χ1n) is 11.9. The molecule has 4 rings (SSSR count). The van der Waals surface area contributed by atoms with Crippen molar-refractivity contribution in [3.8, 4) is 0 Å². The highest BCUT2D eigenvalue weighted by Gasteiger charge is 2.29. The number of nitrogens with one attached hydrogen (secondary N) is 1. The van der Waals surface area contributed by atoms with E-state index in [1.807, 2.05) is 24.1 Å². The molecule has 7 heteroatoms. The number of nitrogens with zero attached hydrogens (tertiary/aromatic N) is 4. The third-order valence-electron chi connectivity index (χ3n) is 6.75. The van der Waals surface area contributed by atoms with E-state index in [9.17, 15) is 9.59 Å². The van der Waals surface area contributed by atoms with Gasteiger partial charge in [-0.2, -0.15) is 5.10 Å². The molecule has 3 heterocycles. The van der Waals surface area contributed by atoms with Crippen LogP contribution in [0.4, 0.5) is 0 Å². The number of aromatic nitrogens is 2. The lowest BCUT2D eigenvalue weighted by Gasteiger charge is -2.41. The van der Waals surface area contributed by atoms with Gasteiger partial charge in [-0.05, 0) is 75.4 Å². The van der Waals surface area contributed by atoms with E-state index in [0.29, 0.717) is 23.7 Å². The van der Waals surface area contributed by atoms with Crippen molar-refractivity contribution in [1.82, 2.24) is 24.9 Å². The molecule has 1 N–H and O–H groups in total. The summed E-state index contributed by atoms with van der Waals surface area (Å²) in [5.74, 6) is 0.711. The average molecular weight is 438 g/mol. The molecule has 2 atom stereocenters. The Balaban J connectivity index is 1.27. The number of amides is 2. The molecule has 0 spiro atoms. The van der Waals surface area contributed by atoms with Gasteiger partial charge in [0.25, 0.3) is 11.8 Å². The van der Waals surface area contributed by atoms with Crippen LogP contribution in [0.15, 0.2) is 42.7 Å². The van der Waals surface area contributed by atoms with Gasteiger partial charge >= 0.3 is 0 Å². The van der Waals surface area contributed by atoms with Crippen LogP contribution in [0.25, 0.3) is 0 Å². The van der Waals surface area contributed by atoms with Crippen LogP contribution in [0, 0.1) is 5.92 Å². The fourth-order valence-electron chi connectivity index (χ4n) is 4.98. The maximum Gasteiger partial charge on any atom is 0.253 e. The zero-order chi connectivity index (χ0) is 22.5. The Morgan fingerprint density at radius 1 is 1.09 bits per heavy atom. The van der Waals surface area contributed by atoms with E-state index in [1.165, 1.54) is 25.9 Å². The van der Waals surface area contributed by atoms with E-state index in [-0.39, 0.29) is 17.9 Å². The molecule has 0 saturated carbocycles. The molecule has 32 heavy (non-hydrogen) atoms. The molecule has 172 valence electrons. The van der Waals surface area contributed by atoms with E-state index in [1.54, 1.807) is 35.1 Å². The van der Waals surface area contributed by atoms with Crippen LogP contribution in [0.2, 0.25) is 0 Å². The molecule has 0 radical (unpaired) electrons. The van der Waals surface area contributed by atoms with Crippen molar-refractivity contribution in [2.24, 2.45) is 5.92 Å². The molecular weight excluding hydrogens is 402 g/mol. The molecule has 0 aliphatic carbocycles. The van der Waals surface area contributed by atoms with Gasteiger partial charge in [-0.1, -0.05) is 6.92 Å². The standard InChI is InChI=1S/C25H35N5O2/c1-19-5-3-13-29(17-19)23-10-15-28(16-11-23)25(32)22-8-6-21(7-9-22)24(31)27-20(2)18-30-14-4-12-26-30/h4,6-9,12,14,19-20,23H,3,5,10-11,13,15-18H2,1-2H3,(H,27,31). The summed E-state index contributed by atoms with van der Waals surface area (Å²) in [5, 5.41) is 7.15. The lowest BCUT2D eigenvalue weighted by molar-refractivity contribution is 0.0541. The minimum absolute atomic E-state index is 0.0482. The SMILES string of the molecule is CC1CCCN(C2CCN(C(=O)c3ccc(C(=O)NC(C)Cn4cccn4)cc3)CC2)C1. The fourth-order valence-corrected chi connectivity index (χ4v) is 4.98. The van der Waals surface area contributed by atoms with E-state index in [0.717, 1.165) is 31.8 Å². The first kappa shape index (κ1) is 22.5. The van der Waals surface area contributed by atoms with Crippen LogP contribution in [-0.4, -0.2) is 69.7 Å². The van der Waals surface area contributed by atoms with Crippen molar-refractivity contribution in [2.45, 2.75) is 58.2 Å². The number of rotatable bonds is 6. The number of hydrogen-bond donors (Lipinski definition) is 1. The predicted octanol–water partition coefficient (Wildman–Crippen LogP) is 3.04. The van der Waals surface area contributed by atoms with Crippen molar-refractivity contribution < 1.29 is 9.59 Å². The monoisotopic (exact) mass is 437 g/mol. The second kappa shape index (κ2) is 10.3. The quantitative estimate of drug-likeness (QED) is 0.754. The summed E-state index contributed by atoms with van der Waals surface area (Å²) in [5.41, 5.74) is 1.21. The number of carbonyl (C=O) groups is 2. The lowest BCUT2D eigenvalue weighted by Crippen LogP contribution is -2.49. The van der Waals surface area contributed by atoms with Gasteiger partial charge in [0.1, 0.15) is 0 Å². The summed E-state index contributed by atoms with van der Waals surface area (Å²) in [6.07, 6.45) is 8.33. The third-order valence-corrected chi connectivity index (χ3v) is 6.75. The van der Waals surface area contributed by atoms with Crippen molar-refractivity contribution in [3.05, 3.63) is 53.9 Å². The van der Waals surface area contributed by atoms with E-state index in [4.69, 9.17) is 0 Å². The van der Waals surface area contributed by atoms with Gasteiger partial charge in [-0.15, -0.1) is 0 Å². The zero-order valence-electron chi connectivity index (χ0n) is 19.2. The van der Waals surface area contributed by atoms with Gasteiger partial charge in [0.15, 0.2) is 0 Å². The molecule has 2 fully saturated rings. The van der Waals surface area contributed by atoms with E-state index in [2.05, 4.69) is 22.2 Å². The summed E-state index contributed by atoms with van der Waals surface area (Å²) < 4.78 is 1.79. The Hall–Kier alpha value is -2.67. The smallest absolute Gasteiger partial charge is 0.253 e. The Morgan fingerprint density at radius 2 is 1.81 bits per heavy atom. The summed E-state index contributed by atoms with van der Waals surface area (Å²) in [6.45, 7) is 8.92. The lowest BCUT2D eigenvalue weighted by atomic mass is 9.95. The van der Waals surface area contributed by atoms with Crippen molar-refractivity contribution in [1.29, 1.82) is 0 Å². The number of hydrogen-bond acceptors (Lipinski definition) is 4. The van der Waals surface area contributed by atoms with Crippen LogP contribution >= 0.6 is 0 Å².